The van der Waals surface area contributed by atoms with Crippen molar-refractivity contribution in [3.8, 4) is 0 Å². The summed E-state index contributed by atoms with van der Waals surface area (Å²) in [6.07, 6.45) is 5.51. The van der Waals surface area contributed by atoms with E-state index in [1.54, 1.807) is 19.2 Å². The van der Waals surface area contributed by atoms with Gasteiger partial charge < -0.3 is 10.4 Å². The van der Waals surface area contributed by atoms with E-state index >= 15 is 0 Å². The number of amides is 1. The second-order valence-corrected chi connectivity index (χ2v) is 8.17. The molecule has 1 aromatic rings. The molecule has 24 heavy (non-hydrogen) atoms. The Morgan fingerprint density at radius 3 is 2.67 bits per heavy atom. The molecule has 0 aliphatic heterocycles. The molecule has 1 amide bonds. The molecule has 1 aliphatic carbocycles. The molecule has 1 fully saturated rings. The summed E-state index contributed by atoms with van der Waals surface area (Å²) in [6, 6.07) is 6.16. The summed E-state index contributed by atoms with van der Waals surface area (Å²) in [5.41, 5.74) is 0.311. The SMILES string of the molecule is CN(C1CCCCC1)S(=O)(=O)c1cccc(C(=O)NCCCO)c1. The van der Waals surface area contributed by atoms with Gasteiger partial charge in [0.2, 0.25) is 10.0 Å². The number of sulfonamides is 1. The van der Waals surface area contributed by atoms with Crippen LogP contribution >= 0.6 is 0 Å². The highest BCUT2D eigenvalue weighted by Gasteiger charge is 2.29. The Balaban J connectivity index is 2.15. The molecule has 0 heterocycles. The third-order valence-electron chi connectivity index (χ3n) is 4.48. The highest BCUT2D eigenvalue weighted by Crippen LogP contribution is 2.26. The Hall–Kier alpha value is -1.44. The fourth-order valence-corrected chi connectivity index (χ4v) is 4.45. The maximum Gasteiger partial charge on any atom is 0.251 e. The molecule has 0 spiro atoms. The molecule has 1 saturated carbocycles. The Kier molecular flexibility index (Phi) is 6.77. The minimum atomic E-state index is -3.61. The van der Waals surface area contributed by atoms with Crippen LogP contribution < -0.4 is 5.32 Å². The number of nitrogens with one attached hydrogen (secondary N) is 1. The van der Waals surface area contributed by atoms with Crippen LogP contribution in [0.4, 0.5) is 0 Å². The van der Waals surface area contributed by atoms with Crippen molar-refractivity contribution in [3.05, 3.63) is 29.8 Å². The summed E-state index contributed by atoms with van der Waals surface area (Å²) >= 11 is 0. The van der Waals surface area contributed by atoms with E-state index in [4.69, 9.17) is 5.11 Å². The van der Waals surface area contributed by atoms with Gasteiger partial charge in [-0.3, -0.25) is 4.79 Å². The molecule has 0 aromatic heterocycles. The first kappa shape index (κ1) is 18.9. The quantitative estimate of drug-likeness (QED) is 0.731. The smallest absolute Gasteiger partial charge is 0.251 e. The van der Waals surface area contributed by atoms with E-state index in [2.05, 4.69) is 5.32 Å². The Morgan fingerprint density at radius 1 is 1.29 bits per heavy atom. The molecule has 0 bridgehead atoms. The standard InChI is InChI=1S/C17H26N2O4S/c1-19(15-8-3-2-4-9-15)24(22,23)16-10-5-7-14(13-16)17(21)18-11-6-12-20/h5,7,10,13,15,20H,2-4,6,8-9,11-12H2,1H3,(H,18,21). The number of carbonyl (C=O) groups excluding carboxylic acids is 1. The van der Waals surface area contributed by atoms with E-state index in [0.29, 0.717) is 18.5 Å². The van der Waals surface area contributed by atoms with E-state index < -0.39 is 10.0 Å². The van der Waals surface area contributed by atoms with Gasteiger partial charge in [0, 0.05) is 31.8 Å². The predicted octanol–water partition coefficient (Wildman–Crippen LogP) is 1.75. The summed E-state index contributed by atoms with van der Waals surface area (Å²) in [6.45, 7) is 0.356. The topological polar surface area (TPSA) is 86.7 Å². The molecule has 1 aromatic carbocycles. The summed E-state index contributed by atoms with van der Waals surface area (Å²) in [4.78, 5) is 12.2. The van der Waals surface area contributed by atoms with Crippen LogP contribution in [0, 0.1) is 0 Å². The molecule has 6 nitrogen and oxygen atoms in total. The lowest BCUT2D eigenvalue weighted by atomic mass is 9.96. The molecule has 0 unspecified atom stereocenters. The fourth-order valence-electron chi connectivity index (χ4n) is 2.99. The Labute approximate surface area is 143 Å². The van der Waals surface area contributed by atoms with Crippen LogP contribution in [0.2, 0.25) is 0 Å². The van der Waals surface area contributed by atoms with Gasteiger partial charge in [-0.1, -0.05) is 25.3 Å². The molecule has 0 atom stereocenters. The minimum absolute atomic E-state index is 0.000875. The third kappa shape index (κ3) is 4.55. The lowest BCUT2D eigenvalue weighted by Gasteiger charge is -2.30. The molecule has 1 aliphatic rings. The predicted molar refractivity (Wildman–Crippen MR) is 92.3 cm³/mol. The van der Waals surface area contributed by atoms with Gasteiger partial charge in [-0.05, 0) is 37.5 Å². The van der Waals surface area contributed by atoms with Crippen LogP contribution in [0.15, 0.2) is 29.2 Å². The van der Waals surface area contributed by atoms with E-state index in [9.17, 15) is 13.2 Å². The molecule has 0 saturated heterocycles. The molecule has 2 N–H and O–H groups in total. The van der Waals surface area contributed by atoms with Crippen molar-refractivity contribution >= 4 is 15.9 Å². The number of benzene rings is 1. The number of carbonyl (C=O) groups is 1. The monoisotopic (exact) mass is 354 g/mol. The minimum Gasteiger partial charge on any atom is -0.396 e. The largest absolute Gasteiger partial charge is 0.396 e. The zero-order valence-corrected chi connectivity index (χ0v) is 14.9. The van der Waals surface area contributed by atoms with Gasteiger partial charge in [-0.15, -0.1) is 0 Å². The Bertz CT molecular complexity index is 654. The average Bonchev–Trinajstić information content (AvgIpc) is 2.62. The van der Waals surface area contributed by atoms with Gasteiger partial charge in [-0.25, -0.2) is 8.42 Å². The second kappa shape index (κ2) is 8.60. The fraction of sp³-hybridized carbons (Fsp3) is 0.588. The summed E-state index contributed by atoms with van der Waals surface area (Å²) in [5, 5.41) is 11.4. The van der Waals surface area contributed by atoms with E-state index in [-0.39, 0.29) is 23.5 Å². The van der Waals surface area contributed by atoms with Crippen molar-refractivity contribution in [2.24, 2.45) is 0 Å². The summed E-state index contributed by atoms with van der Waals surface area (Å²) < 4.78 is 27.1. The van der Waals surface area contributed by atoms with E-state index in [0.717, 1.165) is 32.1 Å². The third-order valence-corrected chi connectivity index (χ3v) is 6.39. The van der Waals surface area contributed by atoms with Crippen molar-refractivity contribution in [1.29, 1.82) is 0 Å². The van der Waals surface area contributed by atoms with Crippen LogP contribution in [-0.2, 0) is 10.0 Å². The average molecular weight is 354 g/mol. The molecular formula is C17H26N2O4S. The molecular weight excluding hydrogens is 328 g/mol. The van der Waals surface area contributed by atoms with Crippen LogP contribution in [0.5, 0.6) is 0 Å². The molecule has 0 radical (unpaired) electrons. The van der Waals surface area contributed by atoms with Gasteiger partial charge in [0.15, 0.2) is 0 Å². The maximum absolute atomic E-state index is 12.8. The van der Waals surface area contributed by atoms with Crippen molar-refractivity contribution in [2.75, 3.05) is 20.2 Å². The van der Waals surface area contributed by atoms with Gasteiger partial charge in [0.1, 0.15) is 0 Å². The molecule has 2 rings (SSSR count). The lowest BCUT2D eigenvalue weighted by molar-refractivity contribution is 0.0951. The molecule has 7 heteroatoms. The Morgan fingerprint density at radius 2 is 2.00 bits per heavy atom. The van der Waals surface area contributed by atoms with Gasteiger partial charge in [0.05, 0.1) is 4.90 Å². The summed E-state index contributed by atoms with van der Waals surface area (Å²) in [5.74, 6) is -0.333. The number of rotatable bonds is 7. The van der Waals surface area contributed by atoms with Gasteiger partial charge >= 0.3 is 0 Å². The first-order valence-corrected chi connectivity index (χ1v) is 9.88. The van der Waals surface area contributed by atoms with E-state index in [1.807, 2.05) is 0 Å². The van der Waals surface area contributed by atoms with Gasteiger partial charge in [0.25, 0.3) is 5.91 Å². The zero-order chi connectivity index (χ0) is 17.6. The lowest BCUT2D eigenvalue weighted by Crippen LogP contribution is -2.38. The maximum atomic E-state index is 12.8. The van der Waals surface area contributed by atoms with Crippen LogP contribution in [0.25, 0.3) is 0 Å². The molecule has 134 valence electrons. The zero-order valence-electron chi connectivity index (χ0n) is 14.1. The second-order valence-electron chi connectivity index (χ2n) is 6.17. The first-order chi connectivity index (χ1) is 11.5. The van der Waals surface area contributed by atoms with Crippen molar-refractivity contribution in [2.45, 2.75) is 49.5 Å². The van der Waals surface area contributed by atoms with Crippen LogP contribution in [0.3, 0.4) is 0 Å². The number of hydrogen-bond acceptors (Lipinski definition) is 4. The number of hydrogen-bond donors (Lipinski definition) is 2. The normalized spacial score (nSPS) is 16.3. The summed E-state index contributed by atoms with van der Waals surface area (Å²) in [7, 11) is -1.98. The first-order valence-electron chi connectivity index (χ1n) is 8.44. The van der Waals surface area contributed by atoms with E-state index in [1.165, 1.54) is 16.4 Å². The van der Waals surface area contributed by atoms with Crippen LogP contribution in [0.1, 0.15) is 48.9 Å². The van der Waals surface area contributed by atoms with Gasteiger partial charge in [-0.2, -0.15) is 4.31 Å². The number of aliphatic hydroxyl groups is 1. The van der Waals surface area contributed by atoms with Crippen LogP contribution in [-0.4, -0.2) is 50.0 Å². The highest BCUT2D eigenvalue weighted by molar-refractivity contribution is 7.89. The van der Waals surface area contributed by atoms with Crippen molar-refractivity contribution in [3.63, 3.8) is 0 Å². The number of aliphatic hydroxyl groups excluding tert-OH is 1. The van der Waals surface area contributed by atoms with Crippen molar-refractivity contribution < 1.29 is 18.3 Å². The number of nitrogens with zero attached hydrogens (tertiary/aromatic N) is 1. The highest BCUT2D eigenvalue weighted by atomic mass is 32.2. The van der Waals surface area contributed by atoms with Crippen molar-refractivity contribution in [1.82, 2.24) is 9.62 Å².